The van der Waals surface area contributed by atoms with Crippen molar-refractivity contribution in [1.82, 2.24) is 20.4 Å². The van der Waals surface area contributed by atoms with Gasteiger partial charge in [0, 0.05) is 36.7 Å². The topological polar surface area (TPSA) is 76.3 Å². The van der Waals surface area contributed by atoms with Gasteiger partial charge < -0.3 is 19.5 Å². The van der Waals surface area contributed by atoms with Crippen LogP contribution in [-0.2, 0) is 4.74 Å². The molecule has 0 spiro atoms. The van der Waals surface area contributed by atoms with Gasteiger partial charge in [0.1, 0.15) is 17.2 Å². The third-order valence-electron chi connectivity index (χ3n) is 7.26. The Kier molecular flexibility index (Phi) is 6.29. The molecule has 2 fully saturated rings. The minimum absolute atomic E-state index is 0.212. The number of nitrogens with zero attached hydrogens (tertiary/aromatic N) is 4. The lowest BCUT2D eigenvalue weighted by Gasteiger charge is -2.40. The number of aryl methyl sites for hydroxylation is 2. The van der Waals surface area contributed by atoms with Crippen LogP contribution >= 0.6 is 0 Å². The number of hydrogen-bond donors (Lipinski definition) is 1. The zero-order chi connectivity index (χ0) is 24.0. The number of fused-ring (bicyclic) bond motifs is 1. The molecule has 2 saturated heterocycles. The highest BCUT2D eigenvalue weighted by atomic mass is 19.1. The summed E-state index contributed by atoms with van der Waals surface area (Å²) in [7, 11) is 0. The predicted molar refractivity (Wildman–Crippen MR) is 131 cm³/mol. The fourth-order valence-electron chi connectivity index (χ4n) is 5.32. The molecular formula is C26H34FN5O2. The molecule has 0 unspecified atom stereocenters. The number of halogens is 1. The van der Waals surface area contributed by atoms with Crippen LogP contribution in [0.5, 0.6) is 0 Å². The predicted octanol–water partition coefficient (Wildman–Crippen LogP) is 4.90. The fourth-order valence-corrected chi connectivity index (χ4v) is 5.32. The summed E-state index contributed by atoms with van der Waals surface area (Å²) in [5.74, 6) is 1.65. The number of benzene rings is 1. The average molecular weight is 468 g/mol. The van der Waals surface area contributed by atoms with E-state index < -0.39 is 0 Å². The number of pyridine rings is 1. The van der Waals surface area contributed by atoms with Crippen molar-refractivity contribution in [3.8, 4) is 11.5 Å². The third-order valence-corrected chi connectivity index (χ3v) is 7.26. The van der Waals surface area contributed by atoms with Crippen LogP contribution in [0.2, 0.25) is 0 Å². The molecule has 0 amide bonds. The summed E-state index contributed by atoms with van der Waals surface area (Å²) in [6.07, 6.45) is 3.03. The van der Waals surface area contributed by atoms with Gasteiger partial charge in [-0.05, 0) is 69.2 Å². The Hall–Kier alpha value is -2.58. The van der Waals surface area contributed by atoms with E-state index in [1.165, 1.54) is 0 Å². The van der Waals surface area contributed by atoms with Crippen LogP contribution in [0.3, 0.4) is 0 Å². The van der Waals surface area contributed by atoms with Gasteiger partial charge in [0.05, 0.1) is 12.2 Å². The van der Waals surface area contributed by atoms with E-state index in [1.54, 1.807) is 13.0 Å². The molecule has 2 aliphatic heterocycles. The van der Waals surface area contributed by atoms with E-state index in [4.69, 9.17) is 14.2 Å². The minimum atomic E-state index is -0.288. The van der Waals surface area contributed by atoms with E-state index in [0.29, 0.717) is 29.3 Å². The summed E-state index contributed by atoms with van der Waals surface area (Å²) in [6, 6.07) is 4.75. The maximum atomic E-state index is 15.3. The molecule has 0 aliphatic carbocycles. The van der Waals surface area contributed by atoms with Crippen molar-refractivity contribution >= 4 is 16.7 Å². The fraction of sp³-hybridized carbons (Fsp3) is 0.577. The second-order valence-electron chi connectivity index (χ2n) is 10.1. The summed E-state index contributed by atoms with van der Waals surface area (Å²) in [5, 5.41) is 8.58. The molecule has 0 radical (unpaired) electrons. The Balaban J connectivity index is 1.57. The molecule has 182 valence electrons. The first kappa shape index (κ1) is 23.2. The highest BCUT2D eigenvalue weighted by molar-refractivity contribution is 5.93. The number of aromatic nitrogens is 3. The lowest BCUT2D eigenvalue weighted by atomic mass is 9.94. The standard InChI is InChI=1S/C26H34FN5O2/c1-14(2)18-11-21-16(4)23(26-28-17(5)31-34-26)25(30-24(21)22(27)12-18)32-8-6-19(10-15(32)3)29-20-7-9-33-13-20/h11-12,14-15,19-20,29H,6-10,13H2,1-5H3/t15-,19-,20-/m1/s1. The van der Waals surface area contributed by atoms with Gasteiger partial charge in [-0.1, -0.05) is 19.0 Å². The van der Waals surface area contributed by atoms with Gasteiger partial charge in [0.25, 0.3) is 5.89 Å². The second-order valence-corrected chi connectivity index (χ2v) is 10.1. The van der Waals surface area contributed by atoms with Crippen molar-refractivity contribution in [2.45, 2.75) is 77.9 Å². The Labute approximate surface area is 200 Å². The molecule has 1 N–H and O–H groups in total. The maximum Gasteiger partial charge on any atom is 0.261 e. The Bertz CT molecular complexity index is 1190. The van der Waals surface area contributed by atoms with E-state index in [1.807, 2.05) is 13.0 Å². The molecule has 3 atom stereocenters. The van der Waals surface area contributed by atoms with E-state index >= 15 is 4.39 Å². The first-order valence-corrected chi connectivity index (χ1v) is 12.4. The minimum Gasteiger partial charge on any atom is -0.380 e. The van der Waals surface area contributed by atoms with Gasteiger partial charge in [0.15, 0.2) is 5.82 Å². The smallest absolute Gasteiger partial charge is 0.261 e. The Morgan fingerprint density at radius 3 is 2.62 bits per heavy atom. The van der Waals surface area contributed by atoms with Gasteiger partial charge >= 0.3 is 0 Å². The van der Waals surface area contributed by atoms with E-state index in [9.17, 15) is 0 Å². The van der Waals surface area contributed by atoms with Gasteiger partial charge in [-0.25, -0.2) is 9.37 Å². The summed E-state index contributed by atoms with van der Waals surface area (Å²) in [4.78, 5) is 11.7. The summed E-state index contributed by atoms with van der Waals surface area (Å²) in [6.45, 7) is 12.6. The SMILES string of the molecule is Cc1noc(-c2c(N3CC[C@@H](N[C@@H]4CCOC4)C[C@H]3C)nc3c(F)cc(C(C)C)cc3c2C)n1. The van der Waals surface area contributed by atoms with Gasteiger partial charge in [-0.2, -0.15) is 4.98 Å². The van der Waals surface area contributed by atoms with Crippen LogP contribution < -0.4 is 10.2 Å². The van der Waals surface area contributed by atoms with E-state index in [2.05, 4.69) is 41.1 Å². The van der Waals surface area contributed by atoms with Crippen LogP contribution in [0.1, 0.15) is 62.9 Å². The highest BCUT2D eigenvalue weighted by Gasteiger charge is 2.32. The van der Waals surface area contributed by atoms with Crippen LogP contribution in [0, 0.1) is 19.7 Å². The second kappa shape index (κ2) is 9.23. The lowest BCUT2D eigenvalue weighted by molar-refractivity contribution is 0.185. The molecule has 0 saturated carbocycles. The molecular weight excluding hydrogens is 433 g/mol. The van der Waals surface area contributed by atoms with Crippen LogP contribution in [0.15, 0.2) is 16.7 Å². The molecule has 7 nitrogen and oxygen atoms in total. The molecule has 5 rings (SSSR count). The number of anilines is 1. The number of rotatable bonds is 5. The zero-order valence-corrected chi connectivity index (χ0v) is 20.7. The third kappa shape index (κ3) is 4.29. The first-order chi connectivity index (χ1) is 16.3. The lowest BCUT2D eigenvalue weighted by Crippen LogP contribution is -2.50. The van der Waals surface area contributed by atoms with Crippen molar-refractivity contribution in [3.63, 3.8) is 0 Å². The van der Waals surface area contributed by atoms with Crippen LogP contribution in [0.25, 0.3) is 22.4 Å². The van der Waals surface area contributed by atoms with E-state index in [0.717, 1.165) is 66.9 Å². The summed E-state index contributed by atoms with van der Waals surface area (Å²) >= 11 is 0. The normalized spacial score (nSPS) is 23.4. The van der Waals surface area contributed by atoms with Crippen molar-refractivity contribution in [1.29, 1.82) is 0 Å². The number of hydrogen-bond acceptors (Lipinski definition) is 7. The van der Waals surface area contributed by atoms with Crippen molar-refractivity contribution in [2.75, 3.05) is 24.7 Å². The Morgan fingerprint density at radius 2 is 1.97 bits per heavy atom. The first-order valence-electron chi connectivity index (χ1n) is 12.4. The average Bonchev–Trinajstić information content (AvgIpc) is 3.46. The molecule has 2 aliphatic rings. The molecule has 34 heavy (non-hydrogen) atoms. The quantitative estimate of drug-likeness (QED) is 0.572. The van der Waals surface area contributed by atoms with Crippen molar-refractivity contribution in [3.05, 3.63) is 34.9 Å². The summed E-state index contributed by atoms with van der Waals surface area (Å²) < 4.78 is 26.5. The van der Waals surface area contributed by atoms with Gasteiger partial charge in [-0.15, -0.1) is 0 Å². The van der Waals surface area contributed by atoms with Gasteiger partial charge in [-0.3, -0.25) is 0 Å². The number of ether oxygens (including phenoxy) is 1. The molecule has 3 aromatic rings. The molecule has 8 heteroatoms. The molecule has 2 aromatic heterocycles. The Morgan fingerprint density at radius 1 is 1.15 bits per heavy atom. The maximum absolute atomic E-state index is 15.3. The largest absolute Gasteiger partial charge is 0.380 e. The number of nitrogens with one attached hydrogen (secondary N) is 1. The molecule has 0 bridgehead atoms. The molecule has 1 aromatic carbocycles. The van der Waals surface area contributed by atoms with Crippen LogP contribution in [0.4, 0.5) is 10.2 Å². The van der Waals surface area contributed by atoms with Crippen LogP contribution in [-0.4, -0.2) is 53.0 Å². The van der Waals surface area contributed by atoms with Crippen molar-refractivity contribution < 1.29 is 13.7 Å². The van der Waals surface area contributed by atoms with Gasteiger partial charge in [0.2, 0.25) is 0 Å². The summed E-state index contributed by atoms with van der Waals surface area (Å²) in [5.41, 5.74) is 3.07. The number of piperidine rings is 1. The van der Waals surface area contributed by atoms with E-state index in [-0.39, 0.29) is 17.8 Å². The zero-order valence-electron chi connectivity index (χ0n) is 20.7. The molecule has 4 heterocycles. The van der Waals surface area contributed by atoms with Crippen molar-refractivity contribution in [2.24, 2.45) is 0 Å². The monoisotopic (exact) mass is 467 g/mol. The highest BCUT2D eigenvalue weighted by Crippen LogP contribution is 2.39.